The van der Waals surface area contributed by atoms with Gasteiger partial charge in [0.25, 0.3) is 0 Å². The Morgan fingerprint density at radius 1 is 1.28 bits per heavy atom. The van der Waals surface area contributed by atoms with Gasteiger partial charge in [0.2, 0.25) is 5.95 Å². The van der Waals surface area contributed by atoms with Crippen molar-refractivity contribution in [3.63, 3.8) is 0 Å². The molecule has 25 heavy (non-hydrogen) atoms. The van der Waals surface area contributed by atoms with Gasteiger partial charge in [0, 0.05) is 24.0 Å². The Bertz CT molecular complexity index is 858. The first-order valence-electron chi connectivity index (χ1n) is 8.73. The molecule has 5 N–H and O–H groups in total. The zero-order chi connectivity index (χ0) is 18.4. The molecule has 7 nitrogen and oxygen atoms in total. The highest BCUT2D eigenvalue weighted by Crippen LogP contribution is 2.32. The molecule has 7 heteroatoms. The molecule has 2 heterocycles. The smallest absolute Gasteiger partial charge is 0.226 e. The summed E-state index contributed by atoms with van der Waals surface area (Å²) in [6, 6.07) is 3.90. The quantitative estimate of drug-likeness (QED) is 0.566. The molecule has 1 aliphatic heterocycles. The van der Waals surface area contributed by atoms with Crippen molar-refractivity contribution in [3.8, 4) is 0 Å². The van der Waals surface area contributed by atoms with Crippen LogP contribution in [0.25, 0.3) is 10.9 Å². The molecular formula is C18H28N6O. The summed E-state index contributed by atoms with van der Waals surface area (Å²) in [5.74, 6) is 12.6. The minimum absolute atomic E-state index is 0.329. The van der Waals surface area contributed by atoms with Crippen molar-refractivity contribution in [3.05, 3.63) is 28.7 Å². The van der Waals surface area contributed by atoms with E-state index in [1.165, 1.54) is 4.68 Å². The highest BCUT2D eigenvalue weighted by molar-refractivity contribution is 5.83. The van der Waals surface area contributed by atoms with E-state index < -0.39 is 6.10 Å². The molecule has 0 aliphatic carbocycles. The van der Waals surface area contributed by atoms with E-state index in [2.05, 4.69) is 23.8 Å². The largest absolute Gasteiger partial charge is 0.389 e. The number of rotatable bonds is 2. The van der Waals surface area contributed by atoms with E-state index in [0.717, 1.165) is 42.4 Å². The third kappa shape index (κ3) is 3.16. The number of aliphatic hydroxyl groups excluding tert-OH is 1. The molecule has 0 saturated carbocycles. The number of fused-ring (bicyclic) bond motifs is 1. The molecule has 1 fully saturated rings. The number of benzene rings is 1. The first-order chi connectivity index (χ1) is 11.7. The molecule has 0 bridgehead atoms. The van der Waals surface area contributed by atoms with E-state index >= 15 is 0 Å². The van der Waals surface area contributed by atoms with Gasteiger partial charge in [0.05, 0.1) is 11.6 Å². The van der Waals surface area contributed by atoms with Crippen LogP contribution in [0.2, 0.25) is 0 Å². The lowest BCUT2D eigenvalue weighted by atomic mass is 9.83. The number of piperidine rings is 1. The minimum atomic E-state index is -0.637. The summed E-state index contributed by atoms with van der Waals surface area (Å²) in [6.45, 7) is 10.0. The monoisotopic (exact) mass is 344 g/mol. The van der Waals surface area contributed by atoms with Gasteiger partial charge >= 0.3 is 0 Å². The van der Waals surface area contributed by atoms with Crippen LogP contribution >= 0.6 is 0 Å². The zero-order valence-electron chi connectivity index (χ0n) is 15.5. The average molecular weight is 344 g/mol. The van der Waals surface area contributed by atoms with Crippen molar-refractivity contribution < 1.29 is 5.11 Å². The maximum atomic E-state index is 10.2. The molecular weight excluding hydrogens is 316 g/mol. The Hall–Kier alpha value is -2.28. The summed E-state index contributed by atoms with van der Waals surface area (Å²) >= 11 is 0. The van der Waals surface area contributed by atoms with E-state index in [0.29, 0.717) is 22.4 Å². The van der Waals surface area contributed by atoms with Crippen LogP contribution in [0.1, 0.15) is 50.8 Å². The Morgan fingerprint density at radius 3 is 2.48 bits per heavy atom. The lowest BCUT2D eigenvalue weighted by Gasteiger charge is -2.37. The number of hydrogen-bond acceptors (Lipinski definition) is 6. The molecule has 1 aromatic heterocycles. The predicted molar refractivity (Wildman–Crippen MR) is 100 cm³/mol. The van der Waals surface area contributed by atoms with Gasteiger partial charge in [-0.1, -0.05) is 19.9 Å². The first kappa shape index (κ1) is 17.5. The summed E-state index contributed by atoms with van der Waals surface area (Å²) in [4.78, 5) is 6.98. The SMILES string of the molecule is Cc1cc(C(C)O)c2nc(N3CCC(C)(C)CC3)n(N)/c(=N\N)c2c1. The number of aromatic nitrogens is 2. The molecule has 3 rings (SSSR count). The first-order valence-corrected chi connectivity index (χ1v) is 8.73. The van der Waals surface area contributed by atoms with Gasteiger partial charge in [0.15, 0.2) is 5.49 Å². The van der Waals surface area contributed by atoms with Gasteiger partial charge in [-0.15, -0.1) is 0 Å². The zero-order valence-corrected chi connectivity index (χ0v) is 15.5. The molecule has 2 aromatic rings. The van der Waals surface area contributed by atoms with Gasteiger partial charge in [-0.2, -0.15) is 5.10 Å². The normalized spacial score (nSPS) is 19.4. The van der Waals surface area contributed by atoms with Crippen LogP contribution in [-0.2, 0) is 0 Å². The standard InChI is InChI=1S/C18H28N6O/c1-11-9-13(12(2)25)15-14(10-11)16(22-19)24(20)17(21-15)23-7-5-18(3,4)6-8-23/h9-10,12,25H,5-8,19-20H2,1-4H3/b22-16-. The summed E-state index contributed by atoms with van der Waals surface area (Å²) < 4.78 is 1.46. The molecule has 0 spiro atoms. The maximum absolute atomic E-state index is 10.2. The number of nitrogen functional groups attached to an aromatic ring is 1. The van der Waals surface area contributed by atoms with Crippen LogP contribution in [0.3, 0.4) is 0 Å². The molecule has 0 amide bonds. The Balaban J connectivity index is 2.23. The van der Waals surface area contributed by atoms with E-state index in [1.807, 2.05) is 19.1 Å². The van der Waals surface area contributed by atoms with Crippen LogP contribution in [0.4, 0.5) is 5.95 Å². The number of aryl methyl sites for hydroxylation is 1. The Labute approximate surface area is 147 Å². The lowest BCUT2D eigenvalue weighted by Crippen LogP contribution is -2.43. The van der Waals surface area contributed by atoms with Crippen molar-refractivity contribution in [2.24, 2.45) is 16.4 Å². The molecule has 0 radical (unpaired) electrons. The summed E-state index contributed by atoms with van der Waals surface area (Å²) in [6.07, 6.45) is 1.50. The number of anilines is 1. The van der Waals surface area contributed by atoms with Crippen LogP contribution in [-0.4, -0.2) is 27.9 Å². The number of aliphatic hydroxyl groups is 1. The molecule has 1 aromatic carbocycles. The second kappa shape index (κ2) is 6.22. The van der Waals surface area contributed by atoms with E-state index in [1.54, 1.807) is 6.92 Å². The van der Waals surface area contributed by atoms with Crippen molar-refractivity contribution in [2.75, 3.05) is 23.8 Å². The van der Waals surface area contributed by atoms with Gasteiger partial charge in [-0.25, -0.2) is 9.66 Å². The lowest BCUT2D eigenvalue weighted by molar-refractivity contribution is 0.200. The van der Waals surface area contributed by atoms with E-state index in [-0.39, 0.29) is 0 Å². The highest BCUT2D eigenvalue weighted by atomic mass is 16.3. The number of nitrogens with two attached hydrogens (primary N) is 2. The fourth-order valence-electron chi connectivity index (χ4n) is 3.47. The third-order valence-electron chi connectivity index (χ3n) is 5.15. The van der Waals surface area contributed by atoms with Crippen molar-refractivity contribution in [1.29, 1.82) is 0 Å². The fraction of sp³-hybridized carbons (Fsp3) is 0.556. The van der Waals surface area contributed by atoms with Crippen LogP contribution in [0, 0.1) is 12.3 Å². The maximum Gasteiger partial charge on any atom is 0.226 e. The van der Waals surface area contributed by atoms with Crippen molar-refractivity contribution in [2.45, 2.75) is 46.6 Å². The van der Waals surface area contributed by atoms with E-state index in [4.69, 9.17) is 16.7 Å². The van der Waals surface area contributed by atoms with Crippen molar-refractivity contribution >= 4 is 16.9 Å². The summed E-state index contributed by atoms with van der Waals surface area (Å²) in [7, 11) is 0. The van der Waals surface area contributed by atoms with Gasteiger partial charge in [0.1, 0.15) is 0 Å². The second-order valence-electron chi connectivity index (χ2n) is 7.81. The Kier molecular flexibility index (Phi) is 4.36. The predicted octanol–water partition coefficient (Wildman–Crippen LogP) is 1.51. The van der Waals surface area contributed by atoms with Crippen molar-refractivity contribution in [1.82, 2.24) is 9.66 Å². The van der Waals surface area contributed by atoms with Crippen LogP contribution in [0.15, 0.2) is 17.2 Å². The van der Waals surface area contributed by atoms with E-state index in [9.17, 15) is 5.11 Å². The minimum Gasteiger partial charge on any atom is -0.389 e. The average Bonchev–Trinajstić information content (AvgIpc) is 2.54. The topological polar surface area (TPSA) is 106 Å². The van der Waals surface area contributed by atoms with Crippen LogP contribution in [0.5, 0.6) is 0 Å². The number of hydrogen-bond donors (Lipinski definition) is 3. The van der Waals surface area contributed by atoms with Crippen LogP contribution < -0.4 is 22.1 Å². The summed E-state index contributed by atoms with van der Waals surface area (Å²) in [5.41, 5.74) is 3.26. The number of nitrogens with zero attached hydrogens (tertiary/aromatic N) is 4. The molecule has 1 atom stereocenters. The van der Waals surface area contributed by atoms with Gasteiger partial charge in [-0.05, 0) is 43.7 Å². The molecule has 136 valence electrons. The molecule has 1 aliphatic rings. The summed E-state index contributed by atoms with van der Waals surface area (Å²) in [5, 5.41) is 14.9. The molecule has 1 saturated heterocycles. The van der Waals surface area contributed by atoms with Gasteiger partial charge in [-0.3, -0.25) is 0 Å². The highest BCUT2D eigenvalue weighted by Gasteiger charge is 2.28. The third-order valence-corrected chi connectivity index (χ3v) is 5.15. The second-order valence-corrected chi connectivity index (χ2v) is 7.81. The van der Waals surface area contributed by atoms with Gasteiger partial charge < -0.3 is 21.7 Å². The Morgan fingerprint density at radius 2 is 1.92 bits per heavy atom. The fourth-order valence-corrected chi connectivity index (χ4v) is 3.47. The molecule has 1 unspecified atom stereocenters.